The van der Waals surface area contributed by atoms with Crippen LogP contribution in [0.2, 0.25) is 0 Å². The molecule has 0 aromatic carbocycles. The number of carboxylic acid groups (broad SMARTS) is 1. The number of carboxylic acids is 1. The van der Waals surface area contributed by atoms with Gasteiger partial charge < -0.3 is 19.8 Å². The van der Waals surface area contributed by atoms with E-state index < -0.39 is 11.4 Å². The van der Waals surface area contributed by atoms with E-state index in [9.17, 15) is 9.59 Å². The molecule has 18 heavy (non-hydrogen) atoms. The number of carbonyl (C=O) groups excluding carboxylic acids is 1. The van der Waals surface area contributed by atoms with Gasteiger partial charge in [-0.2, -0.15) is 0 Å². The third-order valence-electron chi connectivity index (χ3n) is 3.19. The molecule has 1 aliphatic heterocycles. The fourth-order valence-electron chi connectivity index (χ4n) is 1.92. The molecule has 1 aromatic heterocycles. The van der Waals surface area contributed by atoms with E-state index in [0.29, 0.717) is 18.7 Å². The first-order valence-electron chi connectivity index (χ1n) is 5.67. The number of aromatic nitrogens is 1. The third kappa shape index (κ3) is 2.44. The molecule has 1 unspecified atom stereocenters. The Balaban J connectivity index is 1.86. The number of hydrogen-bond donors (Lipinski definition) is 2. The highest BCUT2D eigenvalue weighted by atomic mass is 16.5. The van der Waals surface area contributed by atoms with Crippen LogP contribution in [-0.2, 0) is 11.3 Å². The number of carbonyl (C=O) groups is 2. The fourth-order valence-corrected chi connectivity index (χ4v) is 1.92. The molecular formula is C11H15N3O4. The summed E-state index contributed by atoms with van der Waals surface area (Å²) in [6, 6.07) is 1.38. The minimum Gasteiger partial charge on any atom is -0.481 e. The SMILES string of the molecule is CC1(C(=O)O)CCN(C(=O)NCc2ccon2)C1. The molecule has 2 heterocycles. The molecule has 7 heteroatoms. The number of hydrogen-bond acceptors (Lipinski definition) is 4. The number of likely N-dealkylation sites (tertiary alicyclic amines) is 1. The number of nitrogens with one attached hydrogen (secondary N) is 1. The van der Waals surface area contributed by atoms with E-state index >= 15 is 0 Å². The van der Waals surface area contributed by atoms with E-state index in [1.165, 1.54) is 11.2 Å². The van der Waals surface area contributed by atoms with Crippen molar-refractivity contribution in [2.75, 3.05) is 13.1 Å². The van der Waals surface area contributed by atoms with Crippen molar-refractivity contribution in [1.82, 2.24) is 15.4 Å². The lowest BCUT2D eigenvalue weighted by Crippen LogP contribution is -2.40. The van der Waals surface area contributed by atoms with Crippen molar-refractivity contribution in [1.29, 1.82) is 0 Å². The van der Waals surface area contributed by atoms with Crippen molar-refractivity contribution in [3.05, 3.63) is 18.0 Å². The van der Waals surface area contributed by atoms with Crippen molar-refractivity contribution >= 4 is 12.0 Å². The Hall–Kier alpha value is -2.05. The van der Waals surface area contributed by atoms with E-state index in [0.717, 1.165) is 0 Å². The van der Waals surface area contributed by atoms with Gasteiger partial charge in [-0.05, 0) is 13.3 Å². The molecule has 0 radical (unpaired) electrons. The monoisotopic (exact) mass is 253 g/mol. The van der Waals surface area contributed by atoms with Crippen molar-refractivity contribution in [2.24, 2.45) is 5.41 Å². The largest absolute Gasteiger partial charge is 0.481 e. The van der Waals surface area contributed by atoms with Crippen LogP contribution in [0.1, 0.15) is 19.0 Å². The topological polar surface area (TPSA) is 95.7 Å². The number of aliphatic carboxylic acids is 1. The minimum absolute atomic E-state index is 0.229. The van der Waals surface area contributed by atoms with E-state index in [1.54, 1.807) is 13.0 Å². The fraction of sp³-hybridized carbons (Fsp3) is 0.545. The predicted molar refractivity (Wildman–Crippen MR) is 60.7 cm³/mol. The minimum atomic E-state index is -0.866. The van der Waals surface area contributed by atoms with Gasteiger partial charge in [-0.1, -0.05) is 5.16 Å². The first-order chi connectivity index (χ1) is 8.51. The van der Waals surface area contributed by atoms with Gasteiger partial charge in [-0.15, -0.1) is 0 Å². The summed E-state index contributed by atoms with van der Waals surface area (Å²) < 4.78 is 4.64. The molecular weight excluding hydrogens is 238 g/mol. The molecule has 0 aliphatic carbocycles. The average Bonchev–Trinajstić information content (AvgIpc) is 2.95. The maximum absolute atomic E-state index is 11.8. The molecule has 0 bridgehead atoms. The molecule has 7 nitrogen and oxygen atoms in total. The molecule has 98 valence electrons. The van der Waals surface area contributed by atoms with Crippen LogP contribution in [0.5, 0.6) is 0 Å². The normalized spacial score (nSPS) is 23.1. The van der Waals surface area contributed by atoms with Gasteiger partial charge in [0.15, 0.2) is 0 Å². The second-order valence-electron chi connectivity index (χ2n) is 4.69. The van der Waals surface area contributed by atoms with E-state index in [2.05, 4.69) is 15.0 Å². The summed E-state index contributed by atoms with van der Waals surface area (Å²) in [6.07, 6.45) is 1.90. The second kappa shape index (κ2) is 4.67. The van der Waals surface area contributed by atoms with Crippen molar-refractivity contribution in [2.45, 2.75) is 19.9 Å². The zero-order valence-electron chi connectivity index (χ0n) is 10.0. The van der Waals surface area contributed by atoms with Gasteiger partial charge in [0.05, 0.1) is 12.0 Å². The second-order valence-corrected chi connectivity index (χ2v) is 4.69. The summed E-state index contributed by atoms with van der Waals surface area (Å²) in [5.74, 6) is -0.866. The number of urea groups is 1. The lowest BCUT2D eigenvalue weighted by molar-refractivity contribution is -0.146. The Morgan fingerprint density at radius 1 is 1.67 bits per heavy atom. The molecule has 2 amide bonds. The summed E-state index contributed by atoms with van der Waals surface area (Å²) in [6.45, 7) is 2.61. The molecule has 0 saturated carbocycles. The van der Waals surface area contributed by atoms with E-state index in [4.69, 9.17) is 5.11 Å². The molecule has 0 spiro atoms. The molecule has 1 aromatic rings. The first kappa shape index (κ1) is 12.4. The van der Waals surface area contributed by atoms with Gasteiger partial charge in [0.1, 0.15) is 12.0 Å². The van der Waals surface area contributed by atoms with Crippen LogP contribution in [0.3, 0.4) is 0 Å². The molecule has 1 aliphatic rings. The number of nitrogens with zero attached hydrogens (tertiary/aromatic N) is 2. The van der Waals surface area contributed by atoms with Crippen LogP contribution >= 0.6 is 0 Å². The zero-order chi connectivity index (χ0) is 13.2. The highest BCUT2D eigenvalue weighted by Crippen LogP contribution is 2.29. The van der Waals surface area contributed by atoms with Gasteiger partial charge in [0.25, 0.3) is 0 Å². The Kier molecular flexibility index (Phi) is 3.22. The maximum atomic E-state index is 11.8. The molecule has 1 saturated heterocycles. The summed E-state index contributed by atoms with van der Waals surface area (Å²) >= 11 is 0. The summed E-state index contributed by atoms with van der Waals surface area (Å²) in [4.78, 5) is 24.4. The predicted octanol–water partition coefficient (Wildman–Crippen LogP) is 0.681. The van der Waals surface area contributed by atoms with Crippen LogP contribution in [-0.4, -0.2) is 40.3 Å². The quantitative estimate of drug-likeness (QED) is 0.825. The van der Waals surface area contributed by atoms with Crippen molar-refractivity contribution in [3.63, 3.8) is 0 Å². The van der Waals surface area contributed by atoms with Gasteiger partial charge in [0.2, 0.25) is 0 Å². The summed E-state index contributed by atoms with van der Waals surface area (Å²) in [7, 11) is 0. The summed E-state index contributed by atoms with van der Waals surface area (Å²) in [5.41, 5.74) is -0.214. The lowest BCUT2D eigenvalue weighted by atomic mass is 9.90. The molecule has 1 fully saturated rings. The third-order valence-corrected chi connectivity index (χ3v) is 3.19. The van der Waals surface area contributed by atoms with Crippen LogP contribution in [0, 0.1) is 5.41 Å². The van der Waals surface area contributed by atoms with Gasteiger partial charge in [-0.3, -0.25) is 4.79 Å². The van der Waals surface area contributed by atoms with E-state index in [-0.39, 0.29) is 19.1 Å². The maximum Gasteiger partial charge on any atom is 0.317 e. The Bertz CT molecular complexity index is 445. The van der Waals surface area contributed by atoms with Gasteiger partial charge >= 0.3 is 12.0 Å². The number of rotatable bonds is 3. The Morgan fingerprint density at radius 2 is 2.44 bits per heavy atom. The van der Waals surface area contributed by atoms with Gasteiger partial charge in [-0.25, -0.2) is 4.79 Å². The van der Waals surface area contributed by atoms with Crippen molar-refractivity contribution in [3.8, 4) is 0 Å². The van der Waals surface area contributed by atoms with Crippen molar-refractivity contribution < 1.29 is 19.2 Å². The van der Waals surface area contributed by atoms with Gasteiger partial charge in [0, 0.05) is 19.2 Å². The Labute approximate surface area is 104 Å². The summed E-state index contributed by atoms with van der Waals surface area (Å²) in [5, 5.41) is 15.4. The molecule has 2 rings (SSSR count). The first-order valence-corrected chi connectivity index (χ1v) is 5.67. The zero-order valence-corrected chi connectivity index (χ0v) is 10.0. The smallest absolute Gasteiger partial charge is 0.317 e. The lowest BCUT2D eigenvalue weighted by Gasteiger charge is -2.20. The van der Waals surface area contributed by atoms with Crippen LogP contribution in [0.4, 0.5) is 4.79 Å². The highest BCUT2D eigenvalue weighted by molar-refractivity contribution is 5.79. The average molecular weight is 253 g/mol. The highest BCUT2D eigenvalue weighted by Gasteiger charge is 2.42. The standard InChI is InChI=1S/C11H15N3O4/c1-11(9(15)16)3-4-14(7-11)10(17)12-6-8-2-5-18-13-8/h2,5H,3-4,6-7H2,1H3,(H,12,17)(H,15,16). The number of amides is 2. The van der Waals surface area contributed by atoms with Crippen LogP contribution < -0.4 is 5.32 Å². The van der Waals surface area contributed by atoms with Crippen LogP contribution in [0.25, 0.3) is 0 Å². The molecule has 2 N–H and O–H groups in total. The van der Waals surface area contributed by atoms with Crippen LogP contribution in [0.15, 0.2) is 16.9 Å². The molecule has 1 atom stereocenters. The van der Waals surface area contributed by atoms with E-state index in [1.807, 2.05) is 0 Å². The Morgan fingerprint density at radius 3 is 3.00 bits per heavy atom.